The molecule has 2 aliphatic rings. The van der Waals surface area contributed by atoms with Crippen molar-refractivity contribution >= 4 is 15.9 Å². The molecule has 0 aliphatic carbocycles. The number of rotatable bonds is 7. The largest absolute Gasteiger partial charge is 0.416 e. The number of hydrogen-bond acceptors (Lipinski definition) is 4. The first kappa shape index (κ1) is 25.0. The van der Waals surface area contributed by atoms with Crippen molar-refractivity contribution in [3.05, 3.63) is 35.4 Å². The molecule has 2 fully saturated rings. The van der Waals surface area contributed by atoms with Crippen LogP contribution in [0.15, 0.2) is 24.3 Å². The number of alkyl halides is 3. The smallest absolute Gasteiger partial charge is 0.381 e. The van der Waals surface area contributed by atoms with E-state index in [-0.39, 0.29) is 16.7 Å². The van der Waals surface area contributed by atoms with Crippen LogP contribution in [0.2, 0.25) is 0 Å². The molecule has 0 radical (unpaired) electrons. The molecule has 2 saturated heterocycles. The molecule has 0 saturated carbocycles. The number of ether oxygens (including phenoxy) is 1. The molecule has 1 N–H and O–H groups in total. The van der Waals surface area contributed by atoms with Crippen molar-refractivity contribution < 1.29 is 31.1 Å². The molecule has 2 heterocycles. The molecule has 2 aliphatic heterocycles. The van der Waals surface area contributed by atoms with Crippen LogP contribution in [0.4, 0.5) is 13.2 Å². The van der Waals surface area contributed by atoms with E-state index in [1.165, 1.54) is 16.4 Å². The molecule has 0 unspecified atom stereocenters. The predicted molar refractivity (Wildman–Crippen MR) is 115 cm³/mol. The first-order valence-electron chi connectivity index (χ1n) is 11.1. The summed E-state index contributed by atoms with van der Waals surface area (Å²) >= 11 is 0. The normalized spacial score (nSPS) is 20.8. The highest BCUT2D eigenvalue weighted by Crippen LogP contribution is 2.40. The molecule has 10 heteroatoms. The number of nitrogens with one attached hydrogen (secondary N) is 1. The molecule has 0 bridgehead atoms. The van der Waals surface area contributed by atoms with Crippen LogP contribution in [0, 0.1) is 11.3 Å². The summed E-state index contributed by atoms with van der Waals surface area (Å²) in [5, 5.41) is 2.91. The third kappa shape index (κ3) is 6.23. The van der Waals surface area contributed by atoms with Gasteiger partial charge in [0.15, 0.2) is 0 Å². The van der Waals surface area contributed by atoms with Crippen LogP contribution in [0.3, 0.4) is 0 Å². The van der Waals surface area contributed by atoms with E-state index in [1.807, 2.05) is 0 Å². The predicted octanol–water partition coefficient (Wildman–Crippen LogP) is 3.68. The molecular formula is C22H31F3N2O4S. The molecule has 0 atom stereocenters. The van der Waals surface area contributed by atoms with Crippen LogP contribution in [0.25, 0.3) is 0 Å². The maximum atomic E-state index is 12.8. The van der Waals surface area contributed by atoms with E-state index in [0.29, 0.717) is 51.6 Å². The summed E-state index contributed by atoms with van der Waals surface area (Å²) in [5.74, 6) is 0.0830. The fourth-order valence-electron chi connectivity index (χ4n) is 4.62. The Kier molecular flexibility index (Phi) is 7.88. The summed E-state index contributed by atoms with van der Waals surface area (Å²) in [7, 11) is -3.26. The zero-order chi connectivity index (χ0) is 23.4. The van der Waals surface area contributed by atoms with E-state index in [0.717, 1.165) is 31.4 Å². The molecule has 180 valence electrons. The van der Waals surface area contributed by atoms with Crippen molar-refractivity contribution in [2.75, 3.05) is 38.6 Å². The fraction of sp³-hybridized carbons (Fsp3) is 0.682. The van der Waals surface area contributed by atoms with Crippen LogP contribution in [0.1, 0.15) is 54.9 Å². The SMILES string of the molecule is CCS(=O)(=O)N1CCC(CNC(=O)c2ccc(C(F)(F)F)cc2)(CC2CCOCC2)CC1. The second kappa shape index (κ2) is 10.1. The van der Waals surface area contributed by atoms with Gasteiger partial charge in [-0.1, -0.05) is 0 Å². The Bertz CT molecular complexity index is 873. The van der Waals surface area contributed by atoms with Crippen molar-refractivity contribution in [3.8, 4) is 0 Å². The minimum absolute atomic E-state index is 0.0601. The molecular weight excluding hydrogens is 445 g/mol. The summed E-state index contributed by atoms with van der Waals surface area (Å²) in [6, 6.07) is 4.17. The number of nitrogens with zero attached hydrogens (tertiary/aromatic N) is 1. The quantitative estimate of drug-likeness (QED) is 0.652. The van der Waals surface area contributed by atoms with E-state index in [9.17, 15) is 26.4 Å². The van der Waals surface area contributed by atoms with Gasteiger partial charge in [0.1, 0.15) is 0 Å². The van der Waals surface area contributed by atoms with Crippen molar-refractivity contribution in [1.82, 2.24) is 9.62 Å². The standard InChI is InChI=1S/C22H31F3N2O4S/c1-2-32(29,30)27-11-9-21(10-12-27,15-17-7-13-31-14-8-17)16-26-20(28)18-3-5-19(6-4-18)22(23,24)25/h3-6,17H,2,7-16H2,1H3,(H,26,28). The van der Waals surface area contributed by atoms with Gasteiger partial charge in [-0.3, -0.25) is 4.79 Å². The van der Waals surface area contributed by atoms with Crippen molar-refractivity contribution in [3.63, 3.8) is 0 Å². The zero-order valence-corrected chi connectivity index (χ0v) is 19.1. The first-order valence-corrected chi connectivity index (χ1v) is 12.7. The summed E-state index contributed by atoms with van der Waals surface area (Å²) < 4.78 is 69.8. The Balaban J connectivity index is 1.68. The van der Waals surface area contributed by atoms with Crippen LogP contribution in [-0.2, 0) is 20.9 Å². The number of benzene rings is 1. The maximum Gasteiger partial charge on any atom is 0.416 e. The lowest BCUT2D eigenvalue weighted by molar-refractivity contribution is -0.137. The third-order valence-electron chi connectivity index (χ3n) is 6.70. The summed E-state index contributed by atoms with van der Waals surface area (Å²) in [5.41, 5.74) is -0.872. The van der Waals surface area contributed by atoms with Crippen molar-refractivity contribution in [2.24, 2.45) is 11.3 Å². The van der Waals surface area contributed by atoms with Gasteiger partial charge in [0.2, 0.25) is 10.0 Å². The number of amides is 1. The average molecular weight is 477 g/mol. The van der Waals surface area contributed by atoms with Gasteiger partial charge in [-0.25, -0.2) is 12.7 Å². The monoisotopic (exact) mass is 476 g/mol. The van der Waals surface area contributed by atoms with E-state index in [4.69, 9.17) is 4.74 Å². The lowest BCUT2D eigenvalue weighted by atomic mass is 9.71. The van der Waals surface area contributed by atoms with E-state index < -0.39 is 27.7 Å². The Morgan fingerprint density at radius 2 is 1.75 bits per heavy atom. The van der Waals surface area contributed by atoms with Gasteiger partial charge in [0.05, 0.1) is 11.3 Å². The number of halogens is 3. The van der Waals surface area contributed by atoms with Gasteiger partial charge in [0.25, 0.3) is 5.91 Å². The molecule has 1 amide bonds. The first-order chi connectivity index (χ1) is 15.0. The van der Waals surface area contributed by atoms with Crippen molar-refractivity contribution in [2.45, 2.75) is 45.2 Å². The van der Waals surface area contributed by atoms with Gasteiger partial charge in [-0.05, 0) is 74.6 Å². The summed E-state index contributed by atoms with van der Waals surface area (Å²) in [6.45, 7) is 4.23. The Morgan fingerprint density at radius 3 is 2.28 bits per heavy atom. The second-order valence-electron chi connectivity index (χ2n) is 8.82. The summed E-state index contributed by atoms with van der Waals surface area (Å²) in [4.78, 5) is 12.6. The second-order valence-corrected chi connectivity index (χ2v) is 11.1. The molecule has 0 aromatic heterocycles. The van der Waals surface area contributed by atoms with Crippen LogP contribution in [-0.4, -0.2) is 57.2 Å². The molecule has 1 aromatic rings. The van der Waals surface area contributed by atoms with Crippen molar-refractivity contribution in [1.29, 1.82) is 0 Å². The Morgan fingerprint density at radius 1 is 1.16 bits per heavy atom. The topological polar surface area (TPSA) is 75.7 Å². The fourth-order valence-corrected chi connectivity index (χ4v) is 5.72. The maximum absolute atomic E-state index is 12.8. The summed E-state index contributed by atoms with van der Waals surface area (Å²) in [6.07, 6.45) is -0.440. The zero-order valence-electron chi connectivity index (χ0n) is 18.3. The van der Waals surface area contributed by atoms with Gasteiger partial charge in [0, 0.05) is 38.4 Å². The average Bonchev–Trinajstić information content (AvgIpc) is 2.78. The van der Waals surface area contributed by atoms with E-state index in [1.54, 1.807) is 6.92 Å². The van der Waals surface area contributed by atoms with Gasteiger partial charge >= 0.3 is 6.18 Å². The van der Waals surface area contributed by atoms with Crippen LogP contribution >= 0.6 is 0 Å². The number of sulfonamides is 1. The van der Waals surface area contributed by atoms with E-state index >= 15 is 0 Å². The van der Waals surface area contributed by atoms with E-state index in [2.05, 4.69) is 5.32 Å². The van der Waals surface area contributed by atoms with Gasteiger partial charge < -0.3 is 10.1 Å². The number of piperidine rings is 1. The van der Waals surface area contributed by atoms with Gasteiger partial charge in [-0.2, -0.15) is 13.2 Å². The number of carbonyl (C=O) groups is 1. The highest BCUT2D eigenvalue weighted by atomic mass is 32.2. The Labute approximate surface area is 187 Å². The third-order valence-corrected chi connectivity index (χ3v) is 8.58. The minimum atomic E-state index is -4.45. The molecule has 1 aromatic carbocycles. The minimum Gasteiger partial charge on any atom is -0.381 e. The highest BCUT2D eigenvalue weighted by molar-refractivity contribution is 7.89. The molecule has 3 rings (SSSR count). The van der Waals surface area contributed by atoms with Crippen LogP contribution in [0.5, 0.6) is 0 Å². The molecule has 32 heavy (non-hydrogen) atoms. The Hall–Kier alpha value is -1.65. The lowest BCUT2D eigenvalue weighted by Crippen LogP contribution is -2.49. The molecule has 6 nitrogen and oxygen atoms in total. The number of hydrogen-bond donors (Lipinski definition) is 1. The highest BCUT2D eigenvalue weighted by Gasteiger charge is 2.40. The number of carbonyl (C=O) groups excluding carboxylic acids is 1. The van der Waals surface area contributed by atoms with Gasteiger partial charge in [-0.15, -0.1) is 0 Å². The van der Waals surface area contributed by atoms with Crippen LogP contribution < -0.4 is 5.32 Å². The molecule has 0 spiro atoms. The lowest BCUT2D eigenvalue weighted by Gasteiger charge is -2.44.